The number of hydrogen-bond donors (Lipinski definition) is 2. The molecule has 1 rings (SSSR count). The second-order valence-electron chi connectivity index (χ2n) is 3.74. The fourth-order valence-corrected chi connectivity index (χ4v) is 7.21. The number of aromatic carboxylic acids is 1. The Morgan fingerprint density at radius 2 is 1.53 bits per heavy atom. The normalized spacial score (nSPS) is 9.65. The summed E-state index contributed by atoms with van der Waals surface area (Å²) in [5, 5.41) is 8.43. The van der Waals surface area contributed by atoms with E-state index in [2.05, 4.69) is 20.8 Å². The predicted molar refractivity (Wildman–Crippen MR) is 75.0 cm³/mol. The second kappa shape index (κ2) is 9.44. The monoisotopic (exact) mass is 432 g/mol. The number of anilines is 1. The van der Waals surface area contributed by atoms with Crippen molar-refractivity contribution in [1.82, 2.24) is 0 Å². The average molecular weight is 432 g/mol. The second-order valence-corrected chi connectivity index (χ2v) is 17.8. The third-order valence-corrected chi connectivity index (χ3v) is 14.3. The summed E-state index contributed by atoms with van der Waals surface area (Å²) in [4.78, 5) is 10.3. The molecule has 0 aliphatic rings. The van der Waals surface area contributed by atoms with Crippen LogP contribution >= 0.6 is 0 Å². The number of hydrogen-bond acceptors (Lipinski definition) is 2. The molecule has 4 heteroatoms. The van der Waals surface area contributed by atoms with Crippen LogP contribution in [0.15, 0.2) is 24.3 Å². The van der Waals surface area contributed by atoms with Gasteiger partial charge in [-0.15, -0.1) is 0 Å². The average Bonchev–Trinajstić information content (AvgIpc) is 2.32. The Morgan fingerprint density at radius 1 is 1.12 bits per heavy atom. The van der Waals surface area contributed by atoms with Crippen LogP contribution in [-0.4, -0.2) is 33.8 Å². The zero-order valence-electron chi connectivity index (χ0n) is 10.9. The van der Waals surface area contributed by atoms with Gasteiger partial charge in [-0.2, -0.15) is 0 Å². The minimum absolute atomic E-state index is 0.259. The molecule has 0 spiro atoms. The van der Waals surface area contributed by atoms with Crippen molar-refractivity contribution in [1.29, 1.82) is 0 Å². The zero-order chi connectivity index (χ0) is 13.3. The van der Waals surface area contributed by atoms with Gasteiger partial charge in [0.15, 0.2) is 0 Å². The molecule has 0 fully saturated rings. The molecule has 0 aliphatic carbocycles. The molecule has 3 nitrogen and oxygen atoms in total. The van der Waals surface area contributed by atoms with E-state index in [9.17, 15) is 4.79 Å². The van der Waals surface area contributed by atoms with Crippen molar-refractivity contribution in [2.75, 3.05) is 5.73 Å². The summed E-state index contributed by atoms with van der Waals surface area (Å²) in [7, 11) is 0. The van der Waals surface area contributed by atoms with Crippen molar-refractivity contribution < 1.29 is 9.90 Å². The Labute approximate surface area is 112 Å². The molecule has 95 valence electrons. The molecule has 0 aliphatic heterocycles. The maximum absolute atomic E-state index is 10.3. The summed E-state index contributed by atoms with van der Waals surface area (Å²) < 4.78 is 4.70. The van der Waals surface area contributed by atoms with Gasteiger partial charge < -0.3 is 10.8 Å². The standard InChI is InChI=1S/C7H7NO2.3C2H5.Pb/c8-6-3-1-5(2-4-6)7(9)10;3*1-2;/h1-4H,8H2,(H,9,10);3*1H2,2H3;. The Kier molecular flexibility index (Phi) is 9.12. The van der Waals surface area contributed by atoms with Gasteiger partial charge in [-0.05, 0) is 24.3 Å². The molecule has 17 heavy (non-hydrogen) atoms. The summed E-state index contributed by atoms with van der Waals surface area (Å²) in [6.45, 7) is 7.07. The first-order chi connectivity index (χ1) is 8.04. The molecule has 1 radical (unpaired) electrons. The van der Waals surface area contributed by atoms with Crippen molar-refractivity contribution >= 4 is 34.4 Å². The van der Waals surface area contributed by atoms with E-state index < -0.39 is 28.7 Å². The Balaban J connectivity index is 0.000000325. The summed E-state index contributed by atoms with van der Waals surface area (Å²) >= 11 is -0.789. The number of rotatable bonds is 4. The third-order valence-electron chi connectivity index (χ3n) is 2.66. The van der Waals surface area contributed by atoms with Crippen LogP contribution < -0.4 is 5.73 Å². The molecule has 0 saturated heterocycles. The molecule has 0 heterocycles. The minimum atomic E-state index is -0.931. The topological polar surface area (TPSA) is 63.3 Å². The van der Waals surface area contributed by atoms with Gasteiger partial charge in [0.2, 0.25) is 0 Å². The Hall–Kier alpha value is -0.588. The van der Waals surface area contributed by atoms with E-state index >= 15 is 0 Å². The van der Waals surface area contributed by atoms with Crippen LogP contribution in [0.5, 0.6) is 0 Å². The molecule has 0 amide bonds. The summed E-state index contributed by atoms with van der Waals surface area (Å²) in [5.74, 6) is -0.931. The SMILES string of the molecule is C[CH2][Pb]([CH2]C)[CH2]C.Nc1ccc(C(=O)O)cc1. The van der Waals surface area contributed by atoms with E-state index in [0.717, 1.165) is 0 Å². The summed E-state index contributed by atoms with van der Waals surface area (Å²) in [5.41, 5.74) is 6.17. The van der Waals surface area contributed by atoms with Crippen LogP contribution in [0.3, 0.4) is 0 Å². The number of nitrogen functional groups attached to an aromatic ring is 1. The van der Waals surface area contributed by atoms with Crippen LogP contribution in [-0.2, 0) is 0 Å². The fourth-order valence-electron chi connectivity index (χ4n) is 1.38. The molecule has 1 aromatic carbocycles. The smallest absolute Gasteiger partial charge is 0.335 e. The third kappa shape index (κ3) is 7.36. The molecule has 3 N–H and O–H groups in total. The van der Waals surface area contributed by atoms with Gasteiger partial charge in [-0.25, -0.2) is 4.79 Å². The zero-order valence-corrected chi connectivity index (χ0v) is 14.8. The van der Waals surface area contributed by atoms with Crippen LogP contribution in [0.2, 0.25) is 11.9 Å². The van der Waals surface area contributed by atoms with Gasteiger partial charge >= 0.3 is 61.4 Å². The molecular weight excluding hydrogens is 409 g/mol. The van der Waals surface area contributed by atoms with Gasteiger partial charge in [0, 0.05) is 5.69 Å². The van der Waals surface area contributed by atoms with E-state index in [-0.39, 0.29) is 5.56 Å². The molecule has 0 saturated carbocycles. The van der Waals surface area contributed by atoms with E-state index in [1.165, 1.54) is 12.1 Å². The molecule has 1 aromatic rings. The number of benzene rings is 1. The van der Waals surface area contributed by atoms with Crippen molar-refractivity contribution in [3.63, 3.8) is 0 Å². The van der Waals surface area contributed by atoms with Crippen molar-refractivity contribution in [3.8, 4) is 0 Å². The molecule has 0 unspecified atom stereocenters. The number of carbonyl (C=O) groups is 1. The van der Waals surface area contributed by atoms with E-state index in [0.29, 0.717) is 5.69 Å². The van der Waals surface area contributed by atoms with Gasteiger partial charge in [0.25, 0.3) is 0 Å². The minimum Gasteiger partial charge on any atom is -0.478 e. The van der Waals surface area contributed by atoms with E-state index in [1.54, 1.807) is 24.1 Å². The largest absolute Gasteiger partial charge is 0.478 e. The molecule has 0 atom stereocenters. The quantitative estimate of drug-likeness (QED) is 0.567. The van der Waals surface area contributed by atoms with Crippen LogP contribution in [0.4, 0.5) is 5.69 Å². The maximum Gasteiger partial charge on any atom is 0.335 e. The first kappa shape index (κ1) is 16.4. The Bertz CT molecular complexity index is 315. The van der Waals surface area contributed by atoms with E-state index in [1.807, 2.05) is 0 Å². The van der Waals surface area contributed by atoms with Crippen LogP contribution in [0.25, 0.3) is 0 Å². The van der Waals surface area contributed by atoms with Crippen molar-refractivity contribution in [2.24, 2.45) is 0 Å². The first-order valence-corrected chi connectivity index (χ1v) is 14.2. The van der Waals surface area contributed by atoms with Gasteiger partial charge in [-0.3, -0.25) is 0 Å². The number of carboxylic acids is 1. The van der Waals surface area contributed by atoms with Crippen LogP contribution in [0, 0.1) is 0 Å². The summed E-state index contributed by atoms with van der Waals surface area (Å²) in [6.07, 6.45) is 0. The predicted octanol–water partition coefficient (Wildman–Crippen LogP) is 3.51. The van der Waals surface area contributed by atoms with Gasteiger partial charge in [0.1, 0.15) is 0 Å². The molecule has 0 aromatic heterocycles. The van der Waals surface area contributed by atoms with E-state index in [4.69, 9.17) is 10.8 Å². The fraction of sp³-hybridized carbons (Fsp3) is 0.462. The number of carboxylic acid groups (broad SMARTS) is 1. The van der Waals surface area contributed by atoms with Gasteiger partial charge in [0.05, 0.1) is 5.56 Å². The Morgan fingerprint density at radius 3 is 1.76 bits per heavy atom. The molecule has 0 bridgehead atoms. The first-order valence-electron chi connectivity index (χ1n) is 5.97. The summed E-state index contributed by atoms with van der Waals surface area (Å²) in [6, 6.07) is 6.06. The van der Waals surface area contributed by atoms with Crippen molar-refractivity contribution in [2.45, 2.75) is 32.7 Å². The van der Waals surface area contributed by atoms with Gasteiger partial charge in [-0.1, -0.05) is 0 Å². The maximum atomic E-state index is 10.3. The van der Waals surface area contributed by atoms with Crippen molar-refractivity contribution in [3.05, 3.63) is 29.8 Å². The number of nitrogens with two attached hydrogens (primary N) is 1. The molecular formula is C13H22NO2Pb. The van der Waals surface area contributed by atoms with Crippen LogP contribution in [0.1, 0.15) is 31.1 Å².